The van der Waals surface area contributed by atoms with Crippen molar-refractivity contribution in [3.63, 3.8) is 0 Å². The van der Waals surface area contributed by atoms with E-state index in [1.54, 1.807) is 0 Å². The van der Waals surface area contributed by atoms with Gasteiger partial charge < -0.3 is 11.1 Å². The lowest BCUT2D eigenvalue weighted by Crippen LogP contribution is -2.12. The second-order valence-corrected chi connectivity index (χ2v) is 3.77. The lowest BCUT2D eigenvalue weighted by molar-refractivity contribution is 0.657. The van der Waals surface area contributed by atoms with Gasteiger partial charge in [0.05, 0.1) is 11.4 Å². The number of H-pyrrole nitrogens is 1. The van der Waals surface area contributed by atoms with Crippen LogP contribution < -0.4 is 11.1 Å². The first-order chi connectivity index (χ1) is 8.22. The van der Waals surface area contributed by atoms with E-state index in [-0.39, 0.29) is 0 Å². The number of nitrogens with zero attached hydrogens (tertiary/aromatic N) is 4. The predicted octanol–water partition coefficient (Wildman–Crippen LogP) is 0.566. The molecule has 7 nitrogen and oxygen atoms in total. The first-order valence-electron chi connectivity index (χ1n) is 5.63. The molecule has 0 aromatic carbocycles. The molecule has 0 fully saturated rings. The quantitative estimate of drug-likeness (QED) is 0.703. The van der Waals surface area contributed by atoms with Gasteiger partial charge in [0.1, 0.15) is 18.0 Å². The molecule has 0 aliphatic rings. The molecule has 2 aromatic rings. The van der Waals surface area contributed by atoms with E-state index in [4.69, 9.17) is 5.73 Å². The molecule has 0 spiro atoms. The van der Waals surface area contributed by atoms with E-state index < -0.39 is 0 Å². The van der Waals surface area contributed by atoms with Gasteiger partial charge in [0, 0.05) is 19.5 Å². The molecule has 4 N–H and O–H groups in total. The number of rotatable bonds is 5. The Hall–Kier alpha value is -2.05. The summed E-state index contributed by atoms with van der Waals surface area (Å²) in [6.45, 7) is 5.48. The Labute approximate surface area is 99.4 Å². The summed E-state index contributed by atoms with van der Waals surface area (Å²) in [7, 11) is 0. The molecular weight excluding hydrogens is 218 g/mol. The standard InChI is InChI=1S/C10H17N7/c1-3-17-10(9(11)7(2)16-17)12-5-4-8-13-6-14-15-8/h6,12H,3-5,11H2,1-2H3,(H,13,14,15). The molecule has 0 radical (unpaired) electrons. The molecule has 7 heteroatoms. The summed E-state index contributed by atoms with van der Waals surface area (Å²) in [5.41, 5.74) is 7.52. The molecule has 0 unspecified atom stereocenters. The Morgan fingerprint density at radius 2 is 2.35 bits per heavy atom. The molecule has 17 heavy (non-hydrogen) atoms. The molecule has 0 atom stereocenters. The van der Waals surface area contributed by atoms with Crippen molar-refractivity contribution in [2.24, 2.45) is 0 Å². The second-order valence-electron chi connectivity index (χ2n) is 3.77. The smallest absolute Gasteiger partial charge is 0.148 e. The van der Waals surface area contributed by atoms with E-state index in [2.05, 4.69) is 25.6 Å². The van der Waals surface area contributed by atoms with Crippen molar-refractivity contribution in [1.82, 2.24) is 25.0 Å². The maximum atomic E-state index is 5.96. The minimum absolute atomic E-state index is 0.712. The molecule has 92 valence electrons. The summed E-state index contributed by atoms with van der Waals surface area (Å²) >= 11 is 0. The summed E-state index contributed by atoms with van der Waals surface area (Å²) in [5.74, 6) is 1.74. The number of hydrogen-bond donors (Lipinski definition) is 3. The van der Waals surface area contributed by atoms with Gasteiger partial charge in [-0.05, 0) is 13.8 Å². The SMILES string of the molecule is CCn1nc(C)c(N)c1NCCc1ncn[nH]1. The van der Waals surface area contributed by atoms with Gasteiger partial charge in [-0.1, -0.05) is 0 Å². The third-order valence-electron chi connectivity index (χ3n) is 2.59. The maximum absolute atomic E-state index is 5.96. The van der Waals surface area contributed by atoms with Crippen LogP contribution in [0.5, 0.6) is 0 Å². The van der Waals surface area contributed by atoms with E-state index >= 15 is 0 Å². The van der Waals surface area contributed by atoms with Gasteiger partial charge >= 0.3 is 0 Å². The molecule has 0 saturated carbocycles. The Kier molecular flexibility index (Phi) is 3.27. The minimum atomic E-state index is 0.712. The Morgan fingerprint density at radius 3 is 3.00 bits per heavy atom. The number of aromatic amines is 1. The fraction of sp³-hybridized carbons (Fsp3) is 0.500. The summed E-state index contributed by atoms with van der Waals surface area (Å²) in [6, 6.07) is 0. The zero-order valence-electron chi connectivity index (χ0n) is 10.1. The second kappa shape index (κ2) is 4.86. The van der Waals surface area contributed by atoms with Crippen LogP contribution in [-0.2, 0) is 13.0 Å². The highest BCUT2D eigenvalue weighted by atomic mass is 15.3. The highest BCUT2D eigenvalue weighted by molar-refractivity contribution is 5.64. The molecule has 2 rings (SSSR count). The fourth-order valence-electron chi connectivity index (χ4n) is 1.66. The number of nitrogens with two attached hydrogens (primary N) is 1. The third-order valence-corrected chi connectivity index (χ3v) is 2.59. The largest absolute Gasteiger partial charge is 0.394 e. The monoisotopic (exact) mass is 235 g/mol. The summed E-state index contributed by atoms with van der Waals surface area (Å²) in [5, 5.41) is 14.2. The Morgan fingerprint density at radius 1 is 1.53 bits per heavy atom. The lowest BCUT2D eigenvalue weighted by Gasteiger charge is -2.08. The van der Waals surface area contributed by atoms with E-state index in [1.165, 1.54) is 6.33 Å². The van der Waals surface area contributed by atoms with Crippen LogP contribution in [0.1, 0.15) is 18.4 Å². The Balaban J connectivity index is 1.98. The van der Waals surface area contributed by atoms with Gasteiger partial charge in [-0.3, -0.25) is 5.10 Å². The molecule has 0 amide bonds. The Bertz CT molecular complexity index is 471. The van der Waals surface area contributed by atoms with Crippen molar-refractivity contribution >= 4 is 11.5 Å². The van der Waals surface area contributed by atoms with E-state index in [1.807, 2.05) is 18.5 Å². The summed E-state index contributed by atoms with van der Waals surface area (Å²) in [6.07, 6.45) is 2.28. The van der Waals surface area contributed by atoms with Crippen LogP contribution >= 0.6 is 0 Å². The van der Waals surface area contributed by atoms with Crippen molar-refractivity contribution in [3.8, 4) is 0 Å². The fourth-order valence-corrected chi connectivity index (χ4v) is 1.66. The molecular formula is C10H17N7. The first kappa shape index (κ1) is 11.4. The van der Waals surface area contributed by atoms with Crippen LogP contribution in [-0.4, -0.2) is 31.5 Å². The number of anilines is 2. The molecule has 0 bridgehead atoms. The zero-order chi connectivity index (χ0) is 12.3. The van der Waals surface area contributed by atoms with E-state index in [9.17, 15) is 0 Å². The van der Waals surface area contributed by atoms with Gasteiger partial charge in [-0.2, -0.15) is 10.2 Å². The zero-order valence-corrected chi connectivity index (χ0v) is 10.1. The average Bonchev–Trinajstić information content (AvgIpc) is 2.92. The van der Waals surface area contributed by atoms with Crippen LogP contribution in [0.4, 0.5) is 11.5 Å². The van der Waals surface area contributed by atoms with Crippen LogP contribution in [0.15, 0.2) is 6.33 Å². The molecule has 2 heterocycles. The maximum Gasteiger partial charge on any atom is 0.148 e. The topological polar surface area (TPSA) is 97.4 Å². The lowest BCUT2D eigenvalue weighted by atomic mass is 10.3. The molecule has 0 saturated heterocycles. The van der Waals surface area contributed by atoms with Crippen LogP contribution in [0.2, 0.25) is 0 Å². The predicted molar refractivity (Wildman–Crippen MR) is 65.6 cm³/mol. The molecule has 2 aromatic heterocycles. The number of aromatic nitrogens is 5. The normalized spacial score (nSPS) is 10.7. The van der Waals surface area contributed by atoms with Crippen molar-refractivity contribution in [3.05, 3.63) is 17.8 Å². The van der Waals surface area contributed by atoms with Gasteiger partial charge in [-0.15, -0.1) is 0 Å². The van der Waals surface area contributed by atoms with Crippen molar-refractivity contribution < 1.29 is 0 Å². The van der Waals surface area contributed by atoms with Crippen molar-refractivity contribution in [2.45, 2.75) is 26.8 Å². The highest BCUT2D eigenvalue weighted by Gasteiger charge is 2.10. The van der Waals surface area contributed by atoms with Gasteiger partial charge in [0.15, 0.2) is 0 Å². The van der Waals surface area contributed by atoms with Gasteiger partial charge in [0.25, 0.3) is 0 Å². The molecule has 0 aliphatic carbocycles. The van der Waals surface area contributed by atoms with Crippen LogP contribution in [0.3, 0.4) is 0 Å². The first-order valence-corrected chi connectivity index (χ1v) is 5.63. The molecule has 0 aliphatic heterocycles. The number of aryl methyl sites for hydroxylation is 2. The van der Waals surface area contributed by atoms with E-state index in [0.717, 1.165) is 36.8 Å². The minimum Gasteiger partial charge on any atom is -0.394 e. The van der Waals surface area contributed by atoms with E-state index in [0.29, 0.717) is 5.69 Å². The van der Waals surface area contributed by atoms with Crippen LogP contribution in [0.25, 0.3) is 0 Å². The summed E-state index contributed by atoms with van der Waals surface area (Å²) in [4.78, 5) is 4.06. The van der Waals surface area contributed by atoms with Crippen LogP contribution in [0, 0.1) is 6.92 Å². The summed E-state index contributed by atoms with van der Waals surface area (Å²) < 4.78 is 1.87. The average molecular weight is 235 g/mol. The van der Waals surface area contributed by atoms with Gasteiger partial charge in [-0.25, -0.2) is 9.67 Å². The number of nitrogens with one attached hydrogen (secondary N) is 2. The third kappa shape index (κ3) is 2.38. The van der Waals surface area contributed by atoms with Crippen molar-refractivity contribution in [2.75, 3.05) is 17.6 Å². The highest BCUT2D eigenvalue weighted by Crippen LogP contribution is 2.21. The van der Waals surface area contributed by atoms with Crippen molar-refractivity contribution in [1.29, 1.82) is 0 Å². The van der Waals surface area contributed by atoms with Gasteiger partial charge in [0.2, 0.25) is 0 Å². The number of nitrogen functional groups attached to an aromatic ring is 1. The number of hydrogen-bond acceptors (Lipinski definition) is 5.